The molecule has 3 aromatic carbocycles. The summed E-state index contributed by atoms with van der Waals surface area (Å²) >= 11 is 4.32. The molecular formula is C27H21F3N6O3S. The Bertz CT molecular complexity index is 1590. The van der Waals surface area contributed by atoms with E-state index in [1.165, 1.54) is 35.3 Å². The molecule has 0 aliphatic rings. The van der Waals surface area contributed by atoms with Gasteiger partial charge in [-0.15, -0.1) is 30.9 Å². The number of methoxy groups -OCH3 is 1. The molecule has 13 heteroatoms. The fraction of sp³-hybridized carbons (Fsp3) is 0.111. The van der Waals surface area contributed by atoms with Crippen molar-refractivity contribution in [2.24, 2.45) is 0 Å². The van der Waals surface area contributed by atoms with Gasteiger partial charge < -0.3 is 20.1 Å². The molecule has 0 saturated heterocycles. The van der Waals surface area contributed by atoms with Crippen LogP contribution in [0.2, 0.25) is 0 Å². The van der Waals surface area contributed by atoms with Crippen molar-refractivity contribution in [3.05, 3.63) is 89.2 Å². The zero-order valence-electron chi connectivity index (χ0n) is 21.0. The first-order chi connectivity index (χ1) is 19.1. The smallest absolute Gasteiger partial charge is 0.497 e. The first kappa shape index (κ1) is 28.1. The average molecular weight is 567 g/mol. The van der Waals surface area contributed by atoms with Crippen LogP contribution in [0.15, 0.2) is 83.7 Å². The van der Waals surface area contributed by atoms with Gasteiger partial charge >= 0.3 is 6.36 Å². The third-order valence-corrected chi connectivity index (χ3v) is 5.83. The number of alkyl halides is 3. The fourth-order valence-corrected chi connectivity index (χ4v) is 3.79. The van der Waals surface area contributed by atoms with Crippen LogP contribution in [0.4, 0.5) is 24.5 Å². The molecule has 40 heavy (non-hydrogen) atoms. The molecule has 4 rings (SSSR count). The van der Waals surface area contributed by atoms with Gasteiger partial charge in [0.15, 0.2) is 5.82 Å². The number of rotatable bonds is 8. The predicted molar refractivity (Wildman–Crippen MR) is 145 cm³/mol. The second-order valence-corrected chi connectivity index (χ2v) is 8.67. The van der Waals surface area contributed by atoms with E-state index in [9.17, 15) is 23.2 Å². The van der Waals surface area contributed by atoms with Crippen LogP contribution >= 0.6 is 12.6 Å². The number of benzene rings is 3. The van der Waals surface area contributed by atoms with Gasteiger partial charge in [0.2, 0.25) is 0 Å². The molecule has 4 aromatic rings. The third kappa shape index (κ3) is 6.91. The molecule has 1 heterocycles. The van der Waals surface area contributed by atoms with Gasteiger partial charge in [0.05, 0.1) is 17.8 Å². The number of thiol groups is 1. The van der Waals surface area contributed by atoms with E-state index in [1.54, 1.807) is 49.6 Å². The number of hydrogen-bond donors (Lipinski definition) is 3. The topological polar surface area (TPSA) is 114 Å². The number of carbonyl (C=O) groups is 1. The van der Waals surface area contributed by atoms with E-state index < -0.39 is 12.3 Å². The van der Waals surface area contributed by atoms with Crippen molar-refractivity contribution in [3.8, 4) is 34.6 Å². The molecule has 204 valence electrons. The van der Waals surface area contributed by atoms with Crippen LogP contribution in [-0.2, 0) is 4.79 Å². The van der Waals surface area contributed by atoms with Gasteiger partial charge in [-0.25, -0.2) is 9.67 Å². The molecule has 0 fully saturated rings. The Labute approximate surface area is 232 Å². The maximum absolute atomic E-state index is 12.8. The van der Waals surface area contributed by atoms with E-state index in [4.69, 9.17) is 4.74 Å². The van der Waals surface area contributed by atoms with Crippen molar-refractivity contribution in [1.29, 1.82) is 5.26 Å². The minimum absolute atomic E-state index is 0.0811. The molecule has 0 aliphatic heterocycles. The van der Waals surface area contributed by atoms with Crippen LogP contribution in [0.3, 0.4) is 0 Å². The largest absolute Gasteiger partial charge is 0.573 e. The average Bonchev–Trinajstić information content (AvgIpc) is 3.40. The summed E-state index contributed by atoms with van der Waals surface area (Å²) in [5.74, 6) is 0.0207. The Morgan fingerprint density at radius 3 is 2.30 bits per heavy atom. The molecule has 0 atom stereocenters. The Morgan fingerprint density at radius 2 is 1.70 bits per heavy atom. The number of anilines is 2. The number of carbonyl (C=O) groups excluding carboxylic acids is 1. The molecule has 0 spiro atoms. The predicted octanol–water partition coefficient (Wildman–Crippen LogP) is 5.87. The highest BCUT2D eigenvalue weighted by Gasteiger charge is 2.31. The van der Waals surface area contributed by atoms with Crippen molar-refractivity contribution < 1.29 is 27.4 Å². The lowest BCUT2D eigenvalue weighted by Gasteiger charge is -2.12. The van der Waals surface area contributed by atoms with E-state index >= 15 is 0 Å². The van der Waals surface area contributed by atoms with Gasteiger partial charge in [0, 0.05) is 16.9 Å². The SMILES string of the molecule is COc1ccc(N/C(S)=C(/C#N)C(=O)Nc2ccc(-c3ncn(-c4ccc(OC(F)(F)F)cc4)n3)cc2)c(C)c1. The number of hydrogen-bond acceptors (Lipinski definition) is 8. The summed E-state index contributed by atoms with van der Waals surface area (Å²) < 4.78 is 47.5. The molecule has 0 radical (unpaired) electrons. The van der Waals surface area contributed by atoms with Gasteiger partial charge in [0.1, 0.15) is 29.5 Å². The molecule has 1 amide bonds. The molecule has 2 N–H and O–H groups in total. The number of aryl methyl sites for hydroxylation is 1. The first-order valence-corrected chi connectivity index (χ1v) is 12.0. The van der Waals surface area contributed by atoms with Crippen molar-refractivity contribution in [1.82, 2.24) is 14.8 Å². The maximum atomic E-state index is 12.8. The van der Waals surface area contributed by atoms with Crippen LogP contribution in [-0.4, -0.2) is 34.1 Å². The van der Waals surface area contributed by atoms with Crippen LogP contribution in [0.5, 0.6) is 11.5 Å². The van der Waals surface area contributed by atoms with Gasteiger partial charge in [0.25, 0.3) is 5.91 Å². The summed E-state index contributed by atoms with van der Waals surface area (Å²) in [6.07, 6.45) is -3.36. The molecule has 0 bridgehead atoms. The maximum Gasteiger partial charge on any atom is 0.573 e. The van der Waals surface area contributed by atoms with Crippen molar-refractivity contribution in [2.45, 2.75) is 13.3 Å². The standard InChI is InChI=1S/C27H21F3N6O3S/c1-16-13-21(38-2)11-12-23(16)34-26(40)22(14-31)25(37)33-18-5-3-17(4-6-18)24-32-15-36(35-24)19-7-9-20(10-8-19)39-27(28,29)30/h3-13,15,34,40H,1-2H3,(H,33,37)/b26-22+. The lowest BCUT2D eigenvalue weighted by atomic mass is 10.2. The summed E-state index contributed by atoms with van der Waals surface area (Å²) in [6.45, 7) is 1.85. The van der Waals surface area contributed by atoms with Crippen LogP contribution in [0, 0.1) is 18.3 Å². The fourth-order valence-electron chi connectivity index (χ4n) is 3.52. The number of halogens is 3. The summed E-state index contributed by atoms with van der Waals surface area (Å²) in [5, 5.41) is 19.6. The molecule has 0 saturated carbocycles. The number of nitrogens with one attached hydrogen (secondary N) is 2. The number of aromatic nitrogens is 3. The minimum Gasteiger partial charge on any atom is -0.497 e. The third-order valence-electron chi connectivity index (χ3n) is 5.49. The Balaban J connectivity index is 1.43. The summed E-state index contributed by atoms with van der Waals surface area (Å²) in [4.78, 5) is 17.0. The van der Waals surface area contributed by atoms with Crippen LogP contribution in [0.1, 0.15) is 5.56 Å². The van der Waals surface area contributed by atoms with Gasteiger partial charge in [-0.1, -0.05) is 0 Å². The summed E-state index contributed by atoms with van der Waals surface area (Å²) in [6, 6.07) is 18.9. The number of nitriles is 1. The van der Waals surface area contributed by atoms with E-state index in [2.05, 4.69) is 38.1 Å². The summed E-state index contributed by atoms with van der Waals surface area (Å²) in [7, 11) is 1.56. The van der Waals surface area contributed by atoms with E-state index in [0.29, 0.717) is 34.2 Å². The molecule has 1 aromatic heterocycles. The van der Waals surface area contributed by atoms with E-state index in [-0.39, 0.29) is 16.4 Å². The number of amides is 1. The first-order valence-electron chi connectivity index (χ1n) is 11.5. The summed E-state index contributed by atoms with van der Waals surface area (Å²) in [5.41, 5.74) is 2.80. The highest BCUT2D eigenvalue weighted by atomic mass is 32.1. The van der Waals surface area contributed by atoms with Crippen LogP contribution < -0.4 is 20.1 Å². The van der Waals surface area contributed by atoms with Gasteiger partial charge in [-0.3, -0.25) is 4.79 Å². The second kappa shape index (κ2) is 11.8. The second-order valence-electron chi connectivity index (χ2n) is 8.23. The molecule has 0 aliphatic carbocycles. The highest BCUT2D eigenvalue weighted by Crippen LogP contribution is 2.26. The molecular weight excluding hydrogens is 545 g/mol. The number of nitrogens with zero attached hydrogens (tertiary/aromatic N) is 4. The minimum atomic E-state index is -4.78. The van der Waals surface area contributed by atoms with E-state index in [0.717, 1.165) is 5.56 Å². The monoisotopic (exact) mass is 566 g/mol. The zero-order chi connectivity index (χ0) is 28.9. The highest BCUT2D eigenvalue weighted by molar-refractivity contribution is 7.84. The molecule has 0 unspecified atom stereocenters. The Morgan fingerprint density at radius 1 is 1.02 bits per heavy atom. The normalized spacial score (nSPS) is 11.7. The van der Waals surface area contributed by atoms with Crippen molar-refractivity contribution in [2.75, 3.05) is 17.7 Å². The van der Waals surface area contributed by atoms with Crippen LogP contribution in [0.25, 0.3) is 17.1 Å². The quantitative estimate of drug-likeness (QED) is 0.139. The molecule has 9 nitrogen and oxygen atoms in total. The van der Waals surface area contributed by atoms with Gasteiger partial charge in [-0.2, -0.15) is 5.26 Å². The lowest BCUT2D eigenvalue weighted by molar-refractivity contribution is -0.274. The Hall–Kier alpha value is -4.96. The Kier molecular flexibility index (Phi) is 8.30. The zero-order valence-corrected chi connectivity index (χ0v) is 21.9. The number of ether oxygens (including phenoxy) is 2. The van der Waals surface area contributed by atoms with E-state index in [1.807, 2.05) is 13.0 Å². The van der Waals surface area contributed by atoms with Crippen molar-refractivity contribution in [3.63, 3.8) is 0 Å². The lowest BCUT2D eigenvalue weighted by Crippen LogP contribution is -2.17. The van der Waals surface area contributed by atoms with Crippen molar-refractivity contribution >= 4 is 29.9 Å². The van der Waals surface area contributed by atoms with Gasteiger partial charge in [-0.05, 0) is 79.2 Å².